The maximum Gasteiger partial charge on any atom is 0.101 e. The Morgan fingerprint density at radius 1 is 1.25 bits per heavy atom. The fraction of sp³-hybridized carbons (Fsp3) is 1.00. The van der Waals surface area contributed by atoms with E-state index in [4.69, 9.17) is 0 Å². The molecule has 0 spiro atoms. The summed E-state index contributed by atoms with van der Waals surface area (Å²) in [5, 5.41) is 0. The fourth-order valence-electron chi connectivity index (χ4n) is 2.52. The summed E-state index contributed by atoms with van der Waals surface area (Å²) in [4.78, 5) is 0. The van der Waals surface area contributed by atoms with E-state index >= 15 is 0 Å². The summed E-state index contributed by atoms with van der Waals surface area (Å²) in [7, 11) is -0.896. The van der Waals surface area contributed by atoms with Crippen LogP contribution in [0.4, 0.5) is 0 Å². The molecular formula is C9H23NSi2. The lowest BCUT2D eigenvalue weighted by molar-refractivity contribution is 0.464. The van der Waals surface area contributed by atoms with Crippen LogP contribution in [-0.4, -0.2) is 28.2 Å². The van der Waals surface area contributed by atoms with Crippen molar-refractivity contribution in [3.05, 3.63) is 0 Å². The molecule has 0 aromatic rings. The maximum atomic E-state index is 2.98. The zero-order valence-electron chi connectivity index (χ0n) is 9.01. The molecule has 1 saturated heterocycles. The molecule has 72 valence electrons. The van der Waals surface area contributed by atoms with Gasteiger partial charge in [-0.2, -0.15) is 0 Å². The van der Waals surface area contributed by atoms with Crippen LogP contribution >= 0.6 is 0 Å². The van der Waals surface area contributed by atoms with Gasteiger partial charge in [-0.3, -0.25) is 0 Å². The van der Waals surface area contributed by atoms with Crippen LogP contribution in [0.1, 0.15) is 26.7 Å². The van der Waals surface area contributed by atoms with E-state index in [0.29, 0.717) is 0 Å². The van der Waals surface area contributed by atoms with Gasteiger partial charge in [0.05, 0.1) is 0 Å². The monoisotopic (exact) mass is 201 g/mol. The second-order valence-corrected chi connectivity index (χ2v) is 10.7. The highest BCUT2D eigenvalue weighted by Crippen LogP contribution is 2.22. The zero-order chi connectivity index (χ0) is 9.14. The van der Waals surface area contributed by atoms with E-state index in [0.717, 1.165) is 6.04 Å². The highest BCUT2D eigenvalue weighted by Gasteiger charge is 2.28. The molecule has 3 unspecified atom stereocenters. The first-order valence-electron chi connectivity index (χ1n) is 5.44. The topological polar surface area (TPSA) is 3.24 Å². The highest BCUT2D eigenvalue weighted by molar-refractivity contribution is 6.72. The second-order valence-electron chi connectivity index (χ2n) is 4.33. The van der Waals surface area contributed by atoms with Gasteiger partial charge in [-0.15, -0.1) is 0 Å². The van der Waals surface area contributed by atoms with Gasteiger partial charge in [0.1, 0.15) is 17.9 Å². The fourth-order valence-corrected chi connectivity index (χ4v) is 11.8. The summed E-state index contributed by atoms with van der Waals surface area (Å²) in [6.07, 6.45) is 2.91. The maximum absolute atomic E-state index is 2.98. The SMILES string of the molecule is CCC(C)N1[SiH](C)CCC[SiH]1C. The van der Waals surface area contributed by atoms with Crippen molar-refractivity contribution in [1.29, 1.82) is 0 Å². The van der Waals surface area contributed by atoms with Gasteiger partial charge in [0, 0.05) is 0 Å². The summed E-state index contributed by atoms with van der Waals surface area (Å²) >= 11 is 0. The van der Waals surface area contributed by atoms with Gasteiger partial charge in [-0.05, 0) is 24.6 Å². The third kappa shape index (κ3) is 2.21. The van der Waals surface area contributed by atoms with Gasteiger partial charge in [0.2, 0.25) is 0 Å². The molecule has 1 aliphatic rings. The first kappa shape index (κ1) is 10.5. The third-order valence-electron chi connectivity index (χ3n) is 3.36. The van der Waals surface area contributed by atoms with Crippen molar-refractivity contribution in [2.45, 2.75) is 57.9 Å². The Morgan fingerprint density at radius 3 is 2.17 bits per heavy atom. The average Bonchev–Trinajstić information content (AvgIpc) is 2.03. The average molecular weight is 201 g/mol. The molecule has 1 nitrogen and oxygen atoms in total. The number of hydrogen-bond donors (Lipinski definition) is 0. The predicted octanol–water partition coefficient (Wildman–Crippen LogP) is 2.20. The van der Waals surface area contributed by atoms with Gasteiger partial charge in [-0.25, -0.2) is 0 Å². The van der Waals surface area contributed by atoms with Gasteiger partial charge in [0.25, 0.3) is 0 Å². The standard InChI is InChI=1S/C9H23NSi2/c1-5-9(2)10-11(3)7-6-8-12(10)4/h9,11-12H,5-8H2,1-4H3. The Bertz CT molecular complexity index is 125. The molecule has 0 aromatic heterocycles. The van der Waals surface area contributed by atoms with Crippen LogP contribution in [-0.2, 0) is 0 Å². The Kier molecular flexibility index (Phi) is 4.00. The van der Waals surface area contributed by atoms with E-state index in [1.165, 1.54) is 6.42 Å². The number of nitrogens with zero attached hydrogens (tertiary/aromatic N) is 1. The van der Waals surface area contributed by atoms with Crippen LogP contribution in [0.3, 0.4) is 0 Å². The van der Waals surface area contributed by atoms with Gasteiger partial charge >= 0.3 is 0 Å². The third-order valence-corrected chi connectivity index (χ3v) is 12.0. The first-order valence-corrected chi connectivity index (χ1v) is 10.4. The molecule has 0 aliphatic carbocycles. The smallest absolute Gasteiger partial charge is 0.101 e. The van der Waals surface area contributed by atoms with E-state index in [9.17, 15) is 0 Å². The summed E-state index contributed by atoms with van der Waals surface area (Å²) in [6.45, 7) is 9.86. The Hall–Kier alpha value is 0.394. The molecule has 3 heteroatoms. The molecule has 0 N–H and O–H groups in total. The molecule has 0 amide bonds. The lowest BCUT2D eigenvalue weighted by Gasteiger charge is -2.42. The van der Waals surface area contributed by atoms with Crippen molar-refractivity contribution in [1.82, 2.24) is 4.23 Å². The van der Waals surface area contributed by atoms with E-state index < -0.39 is 17.9 Å². The molecular weight excluding hydrogens is 178 g/mol. The van der Waals surface area contributed by atoms with Crippen LogP contribution in [0, 0.1) is 0 Å². The summed E-state index contributed by atoms with van der Waals surface area (Å²) in [6, 6.07) is 4.04. The van der Waals surface area contributed by atoms with Crippen LogP contribution in [0.5, 0.6) is 0 Å². The summed E-state index contributed by atoms with van der Waals surface area (Å²) < 4.78 is 2.98. The van der Waals surface area contributed by atoms with Crippen molar-refractivity contribution in [2.24, 2.45) is 0 Å². The molecule has 0 aromatic carbocycles. The van der Waals surface area contributed by atoms with Gasteiger partial charge in [-0.1, -0.05) is 33.4 Å². The number of rotatable bonds is 2. The molecule has 0 bridgehead atoms. The van der Waals surface area contributed by atoms with Gasteiger partial charge < -0.3 is 4.23 Å². The molecule has 1 aliphatic heterocycles. The van der Waals surface area contributed by atoms with E-state index in [-0.39, 0.29) is 0 Å². The minimum Gasteiger partial charge on any atom is -0.348 e. The number of hydrogen-bond acceptors (Lipinski definition) is 1. The molecule has 0 saturated carbocycles. The Balaban J connectivity index is 2.56. The van der Waals surface area contributed by atoms with Crippen LogP contribution in [0.2, 0.25) is 25.2 Å². The van der Waals surface area contributed by atoms with E-state index in [1.54, 1.807) is 18.5 Å². The molecule has 1 rings (SSSR count). The molecule has 1 fully saturated rings. The normalized spacial score (nSPS) is 35.0. The molecule has 0 radical (unpaired) electrons. The predicted molar refractivity (Wildman–Crippen MR) is 61.8 cm³/mol. The Morgan fingerprint density at radius 2 is 1.75 bits per heavy atom. The highest BCUT2D eigenvalue weighted by atomic mass is 28.4. The lowest BCUT2D eigenvalue weighted by atomic mass is 10.3. The second kappa shape index (κ2) is 4.58. The zero-order valence-corrected chi connectivity index (χ0v) is 11.3. The minimum absolute atomic E-state index is 0.448. The summed E-state index contributed by atoms with van der Waals surface area (Å²) in [5.74, 6) is 0. The van der Waals surface area contributed by atoms with Crippen molar-refractivity contribution in [3.63, 3.8) is 0 Å². The quantitative estimate of drug-likeness (QED) is 0.619. The van der Waals surface area contributed by atoms with Crippen LogP contribution in [0.15, 0.2) is 0 Å². The molecule has 3 atom stereocenters. The minimum atomic E-state index is -0.448. The van der Waals surface area contributed by atoms with Crippen molar-refractivity contribution < 1.29 is 0 Å². The lowest BCUT2D eigenvalue weighted by Crippen LogP contribution is -2.53. The Labute approximate surface area is 80.5 Å². The van der Waals surface area contributed by atoms with Crippen molar-refractivity contribution >= 4 is 17.9 Å². The van der Waals surface area contributed by atoms with Crippen molar-refractivity contribution in [3.8, 4) is 0 Å². The van der Waals surface area contributed by atoms with Gasteiger partial charge in [0.15, 0.2) is 0 Å². The van der Waals surface area contributed by atoms with Crippen LogP contribution in [0.25, 0.3) is 0 Å². The molecule has 12 heavy (non-hydrogen) atoms. The van der Waals surface area contributed by atoms with E-state index in [1.807, 2.05) is 0 Å². The molecule has 1 heterocycles. The van der Waals surface area contributed by atoms with Crippen LogP contribution < -0.4 is 0 Å². The summed E-state index contributed by atoms with van der Waals surface area (Å²) in [5.41, 5.74) is 0. The largest absolute Gasteiger partial charge is 0.348 e. The van der Waals surface area contributed by atoms with Crippen molar-refractivity contribution in [2.75, 3.05) is 0 Å². The first-order chi connectivity index (χ1) is 5.66. The van der Waals surface area contributed by atoms with E-state index in [2.05, 4.69) is 31.2 Å².